The quantitative estimate of drug-likeness (QED) is 0.764. The third-order valence-corrected chi connectivity index (χ3v) is 3.85. The highest BCUT2D eigenvalue weighted by Crippen LogP contribution is 2.30. The molecule has 1 aromatic rings. The number of nitrogens with zero attached hydrogens (tertiary/aromatic N) is 1. The molecule has 1 saturated carbocycles. The van der Waals surface area contributed by atoms with Gasteiger partial charge < -0.3 is 5.11 Å². The molecule has 4 nitrogen and oxygen atoms in total. The smallest absolute Gasteiger partial charge is 0.261 e. The minimum Gasteiger partial charge on any atom is -0.391 e. The van der Waals surface area contributed by atoms with Crippen molar-refractivity contribution in [3.63, 3.8) is 0 Å². The maximum Gasteiger partial charge on any atom is 0.261 e. The number of carbonyl (C=O) groups is 2. The molecule has 1 fully saturated rings. The van der Waals surface area contributed by atoms with Gasteiger partial charge in [-0.2, -0.15) is 0 Å². The van der Waals surface area contributed by atoms with Gasteiger partial charge in [0.15, 0.2) is 0 Å². The molecule has 2 aliphatic rings. The van der Waals surface area contributed by atoms with E-state index < -0.39 is 6.10 Å². The van der Waals surface area contributed by atoms with Crippen molar-refractivity contribution in [2.45, 2.75) is 37.8 Å². The van der Waals surface area contributed by atoms with Crippen LogP contribution in [0.25, 0.3) is 0 Å². The number of amides is 2. The van der Waals surface area contributed by atoms with E-state index in [0.717, 1.165) is 12.8 Å². The van der Waals surface area contributed by atoms with Crippen LogP contribution in [0, 0.1) is 0 Å². The molecule has 18 heavy (non-hydrogen) atoms. The molecule has 1 heterocycles. The predicted molar refractivity (Wildman–Crippen MR) is 65.2 cm³/mol. The van der Waals surface area contributed by atoms with Crippen molar-refractivity contribution >= 4 is 11.8 Å². The number of rotatable bonds is 1. The third-order valence-electron chi connectivity index (χ3n) is 3.85. The van der Waals surface area contributed by atoms with E-state index in [-0.39, 0.29) is 17.9 Å². The first-order valence-electron chi connectivity index (χ1n) is 6.35. The molecule has 0 spiro atoms. The summed E-state index contributed by atoms with van der Waals surface area (Å²) < 4.78 is 0. The molecule has 0 unspecified atom stereocenters. The Labute approximate surface area is 105 Å². The largest absolute Gasteiger partial charge is 0.391 e. The van der Waals surface area contributed by atoms with Gasteiger partial charge in [0.2, 0.25) is 0 Å². The van der Waals surface area contributed by atoms with E-state index >= 15 is 0 Å². The number of aliphatic hydroxyl groups is 1. The fourth-order valence-electron chi connectivity index (χ4n) is 2.90. The summed E-state index contributed by atoms with van der Waals surface area (Å²) in [6, 6.07) is 6.50. The van der Waals surface area contributed by atoms with Crippen LogP contribution in [-0.2, 0) is 0 Å². The molecular weight excluding hydrogens is 230 g/mol. The Balaban J connectivity index is 1.96. The Bertz CT molecular complexity index is 477. The van der Waals surface area contributed by atoms with Gasteiger partial charge in [-0.05, 0) is 25.0 Å². The van der Waals surface area contributed by atoms with E-state index in [9.17, 15) is 14.7 Å². The monoisotopic (exact) mass is 245 g/mol. The van der Waals surface area contributed by atoms with Gasteiger partial charge in [-0.25, -0.2) is 0 Å². The maximum absolute atomic E-state index is 12.2. The number of aliphatic hydroxyl groups excluding tert-OH is 1. The summed E-state index contributed by atoms with van der Waals surface area (Å²) in [7, 11) is 0. The number of carbonyl (C=O) groups excluding carboxylic acids is 2. The van der Waals surface area contributed by atoms with Crippen molar-refractivity contribution in [1.82, 2.24) is 4.90 Å². The highest BCUT2D eigenvalue weighted by Gasteiger charge is 2.42. The van der Waals surface area contributed by atoms with E-state index in [4.69, 9.17) is 0 Å². The zero-order valence-electron chi connectivity index (χ0n) is 10.0. The zero-order chi connectivity index (χ0) is 12.7. The number of hydrogen-bond donors (Lipinski definition) is 1. The summed E-state index contributed by atoms with van der Waals surface area (Å²) >= 11 is 0. The van der Waals surface area contributed by atoms with Gasteiger partial charge in [0.05, 0.1) is 23.3 Å². The summed E-state index contributed by atoms with van der Waals surface area (Å²) in [6.45, 7) is 0. The molecule has 0 saturated heterocycles. The first-order chi connectivity index (χ1) is 8.70. The van der Waals surface area contributed by atoms with E-state index in [1.807, 2.05) is 0 Å². The average Bonchev–Trinajstić information content (AvgIpc) is 2.64. The maximum atomic E-state index is 12.2. The molecule has 3 rings (SSSR count). The van der Waals surface area contributed by atoms with Crippen molar-refractivity contribution in [3.8, 4) is 0 Å². The Morgan fingerprint density at radius 2 is 1.56 bits per heavy atom. The molecule has 0 aromatic heterocycles. The highest BCUT2D eigenvalue weighted by atomic mass is 16.3. The average molecular weight is 245 g/mol. The number of imide groups is 1. The molecular formula is C14H15NO3. The Kier molecular flexibility index (Phi) is 2.67. The third kappa shape index (κ3) is 1.56. The van der Waals surface area contributed by atoms with E-state index in [1.54, 1.807) is 24.3 Å². The lowest BCUT2D eigenvalue weighted by atomic mass is 9.91. The summed E-state index contributed by atoms with van der Waals surface area (Å²) in [6.07, 6.45) is 2.70. The second-order valence-electron chi connectivity index (χ2n) is 4.95. The summed E-state index contributed by atoms with van der Waals surface area (Å²) in [5.74, 6) is -0.525. The van der Waals surface area contributed by atoms with Crippen LogP contribution < -0.4 is 0 Å². The van der Waals surface area contributed by atoms with Crippen LogP contribution in [0.4, 0.5) is 0 Å². The van der Waals surface area contributed by atoms with E-state index in [1.165, 1.54) is 4.90 Å². The van der Waals surface area contributed by atoms with Gasteiger partial charge in [-0.3, -0.25) is 14.5 Å². The molecule has 1 N–H and O–H groups in total. The van der Waals surface area contributed by atoms with Crippen molar-refractivity contribution in [1.29, 1.82) is 0 Å². The second kappa shape index (κ2) is 4.21. The first kappa shape index (κ1) is 11.4. The van der Waals surface area contributed by atoms with Crippen LogP contribution in [0.1, 0.15) is 46.4 Å². The Hall–Kier alpha value is -1.68. The molecule has 1 aromatic carbocycles. The molecule has 2 amide bonds. The van der Waals surface area contributed by atoms with Gasteiger partial charge in [0.1, 0.15) is 0 Å². The molecule has 1 aliphatic carbocycles. The Morgan fingerprint density at radius 1 is 1.00 bits per heavy atom. The summed E-state index contributed by atoms with van der Waals surface area (Å²) in [4.78, 5) is 25.8. The highest BCUT2D eigenvalue weighted by molar-refractivity contribution is 6.21. The SMILES string of the molecule is O=C1c2ccccc2C(=O)N1[C@@H]1CCCC[C@H]1O. The fraction of sp³-hybridized carbons (Fsp3) is 0.429. The topological polar surface area (TPSA) is 57.6 Å². The van der Waals surface area contributed by atoms with Gasteiger partial charge >= 0.3 is 0 Å². The molecule has 0 bridgehead atoms. The van der Waals surface area contributed by atoms with Crippen molar-refractivity contribution in [2.75, 3.05) is 0 Å². The number of hydrogen-bond acceptors (Lipinski definition) is 3. The summed E-state index contributed by atoms with van der Waals surface area (Å²) in [5.41, 5.74) is 0.917. The van der Waals surface area contributed by atoms with Crippen molar-refractivity contribution in [2.24, 2.45) is 0 Å². The lowest BCUT2D eigenvalue weighted by Gasteiger charge is -2.33. The van der Waals surface area contributed by atoms with Crippen LogP contribution >= 0.6 is 0 Å². The number of benzene rings is 1. The minimum absolute atomic E-state index is 0.262. The van der Waals surface area contributed by atoms with Gasteiger partial charge in [-0.15, -0.1) is 0 Å². The molecule has 4 heteroatoms. The molecule has 1 aliphatic heterocycles. The zero-order valence-corrected chi connectivity index (χ0v) is 10.0. The molecule has 2 atom stereocenters. The number of fused-ring (bicyclic) bond motifs is 1. The van der Waals surface area contributed by atoms with Crippen molar-refractivity contribution in [3.05, 3.63) is 35.4 Å². The van der Waals surface area contributed by atoms with Crippen LogP contribution in [0.5, 0.6) is 0 Å². The second-order valence-corrected chi connectivity index (χ2v) is 4.95. The normalized spacial score (nSPS) is 27.5. The predicted octanol–water partition coefficient (Wildman–Crippen LogP) is 1.59. The lowest BCUT2D eigenvalue weighted by Crippen LogP contribution is -2.48. The van der Waals surface area contributed by atoms with Crippen LogP contribution in [-0.4, -0.2) is 34.0 Å². The minimum atomic E-state index is -0.582. The van der Waals surface area contributed by atoms with Gasteiger partial charge in [0, 0.05) is 0 Å². The first-order valence-corrected chi connectivity index (χ1v) is 6.35. The molecule has 94 valence electrons. The van der Waals surface area contributed by atoms with Crippen LogP contribution in [0.2, 0.25) is 0 Å². The Morgan fingerprint density at radius 3 is 2.11 bits per heavy atom. The van der Waals surface area contributed by atoms with Gasteiger partial charge in [0.25, 0.3) is 11.8 Å². The fourth-order valence-corrected chi connectivity index (χ4v) is 2.90. The van der Waals surface area contributed by atoms with Crippen LogP contribution in [0.3, 0.4) is 0 Å². The van der Waals surface area contributed by atoms with E-state index in [0.29, 0.717) is 24.0 Å². The standard InChI is InChI=1S/C14H15NO3/c16-12-8-4-3-7-11(12)15-13(17)9-5-1-2-6-10(9)14(15)18/h1-2,5-6,11-12,16H,3-4,7-8H2/t11-,12-/m1/s1. The van der Waals surface area contributed by atoms with Crippen LogP contribution in [0.15, 0.2) is 24.3 Å². The summed E-state index contributed by atoms with van der Waals surface area (Å²) in [5, 5.41) is 10.00. The van der Waals surface area contributed by atoms with Gasteiger partial charge in [-0.1, -0.05) is 25.0 Å². The van der Waals surface area contributed by atoms with Crippen molar-refractivity contribution < 1.29 is 14.7 Å². The van der Waals surface area contributed by atoms with E-state index in [2.05, 4.69) is 0 Å². The molecule has 0 radical (unpaired) electrons. The lowest BCUT2D eigenvalue weighted by molar-refractivity contribution is 0.0203.